The van der Waals surface area contributed by atoms with Gasteiger partial charge in [-0.3, -0.25) is 0 Å². The van der Waals surface area contributed by atoms with E-state index in [0.717, 1.165) is 67.6 Å². The zero-order chi connectivity index (χ0) is 92.8. The zero-order valence-electron chi connectivity index (χ0n) is 76.7. The Morgan fingerprint density at radius 1 is 0.213 bits per heavy atom. The van der Waals surface area contributed by atoms with Gasteiger partial charge in [-0.2, -0.15) is 0 Å². The molecule has 23 rings (SSSR count). The number of benzene rings is 20. The molecule has 1 heterocycles. The molecule has 0 spiro atoms. The molecule has 2 aliphatic rings. The summed E-state index contributed by atoms with van der Waals surface area (Å²) in [6.07, 6.45) is 8.42. The van der Waals surface area contributed by atoms with Gasteiger partial charge in [-0.25, -0.2) is 16.8 Å². The predicted molar refractivity (Wildman–Crippen MR) is 581 cm³/mol. The summed E-state index contributed by atoms with van der Waals surface area (Å²) in [5, 5.41) is 15.3. The molecule has 670 valence electrons. The SMILES string of the molecule is CC(C)(C)c1ccc([S+](c2ccc3ccccc3c2)c2ccc3ccccc3c2)cc1.O=S(=O)(c1ccc([S+](c2ccccc2)c2ccccc2)cc1)C1CCCC1.O=S(=O)(c1ccc([S+](c2ccccc2)c2ccccc2)cc1)C1CCCCC1.c1ccc(-[s+]2c3ccccc3c3ccccc32)cc1.c1ccc2cc([S+](c3ccc4ccccc4c3)c3ccc4ccccc4c3)ccc2c1. The number of thiophene rings is 1. The van der Waals surface area contributed by atoms with Crippen molar-refractivity contribution in [2.45, 2.75) is 163 Å². The highest BCUT2D eigenvalue weighted by atomic mass is 32.2. The highest BCUT2D eigenvalue weighted by Crippen LogP contribution is 2.49. The number of hydrogen-bond acceptors (Lipinski definition) is 4. The summed E-state index contributed by atoms with van der Waals surface area (Å²) in [5.41, 5.74) is 1.53. The Bertz CT molecular complexity index is 7500. The van der Waals surface area contributed by atoms with Gasteiger partial charge in [0.2, 0.25) is 0 Å². The minimum atomic E-state index is -3.23. The molecule has 21 aromatic rings. The second-order valence-corrected chi connectivity index (χ2v) is 50.1. The highest BCUT2D eigenvalue weighted by molar-refractivity contribution is 7.98. The molecule has 0 radical (unpaired) electrons. The van der Waals surface area contributed by atoms with Gasteiger partial charge in [-0.05, 0) is 297 Å². The van der Waals surface area contributed by atoms with E-state index in [0.29, 0.717) is 9.79 Å². The molecule has 136 heavy (non-hydrogen) atoms. The van der Waals surface area contributed by atoms with Crippen molar-refractivity contribution in [1.29, 1.82) is 0 Å². The molecule has 2 saturated carbocycles. The van der Waals surface area contributed by atoms with Crippen LogP contribution in [-0.4, -0.2) is 27.3 Å². The Morgan fingerprint density at radius 3 is 0.713 bits per heavy atom. The van der Waals surface area contributed by atoms with E-state index in [1.807, 2.05) is 60.7 Å². The third kappa shape index (κ3) is 21.1. The summed E-state index contributed by atoms with van der Waals surface area (Å²) >= 11 is 0. The lowest BCUT2D eigenvalue weighted by atomic mass is 9.87. The van der Waals surface area contributed by atoms with Crippen LogP contribution in [0.1, 0.15) is 84.1 Å². The molecule has 2 aliphatic carbocycles. The highest BCUT2D eigenvalue weighted by Gasteiger charge is 2.37. The third-order valence-corrected chi connectivity index (χ3v) is 41.4. The van der Waals surface area contributed by atoms with E-state index in [1.165, 1.54) is 133 Å². The van der Waals surface area contributed by atoms with Crippen LogP contribution in [0.4, 0.5) is 0 Å². The molecule has 20 aromatic carbocycles. The van der Waals surface area contributed by atoms with E-state index in [2.05, 4.69) is 433 Å². The van der Waals surface area contributed by atoms with Crippen LogP contribution in [0.3, 0.4) is 0 Å². The summed E-state index contributed by atoms with van der Waals surface area (Å²) in [5.74, 6) is 0. The zero-order valence-corrected chi connectivity index (χ0v) is 82.4. The molecular weight excluding hydrogens is 1790 g/mol. The van der Waals surface area contributed by atoms with Crippen molar-refractivity contribution in [2.75, 3.05) is 0 Å². The molecular formula is C125H109O4S7+5. The number of sulfone groups is 2. The molecule has 11 heteroatoms. The molecule has 0 unspecified atom stereocenters. The minimum absolute atomic E-state index is 0.0594. The molecule has 1 aromatic heterocycles. The van der Waals surface area contributed by atoms with Crippen molar-refractivity contribution >= 4 is 148 Å². The van der Waals surface area contributed by atoms with Gasteiger partial charge in [0.05, 0.1) is 63.9 Å². The average Bonchev–Trinajstić information content (AvgIpc) is 1.62. The lowest BCUT2D eigenvalue weighted by Gasteiger charge is -2.21. The van der Waals surface area contributed by atoms with Crippen LogP contribution in [0.15, 0.2) is 554 Å². The normalized spacial score (nSPS) is 13.2. The second kappa shape index (κ2) is 42.6. The van der Waals surface area contributed by atoms with E-state index in [4.69, 9.17) is 0 Å². The first-order chi connectivity index (χ1) is 66.6. The maximum atomic E-state index is 13.0. The summed E-state index contributed by atoms with van der Waals surface area (Å²) in [7, 11) is -7.22. The van der Waals surface area contributed by atoms with Gasteiger partial charge in [-0.15, -0.1) is 0 Å². The smallest absolute Gasteiger partial charge is 0.187 e. The first kappa shape index (κ1) is 92.3. The van der Waals surface area contributed by atoms with Crippen LogP contribution >= 0.6 is 10.5 Å². The van der Waals surface area contributed by atoms with Crippen LogP contribution in [0.5, 0.6) is 0 Å². The Balaban J connectivity index is 0.000000110. The topological polar surface area (TPSA) is 68.3 Å². The van der Waals surface area contributed by atoms with Crippen LogP contribution in [0.25, 0.3) is 78.9 Å². The van der Waals surface area contributed by atoms with Crippen molar-refractivity contribution < 1.29 is 16.8 Å². The number of fused-ring (bicyclic) bond motifs is 8. The fourth-order valence-corrected chi connectivity index (χ4v) is 33.1. The van der Waals surface area contributed by atoms with E-state index in [9.17, 15) is 16.8 Å². The molecule has 0 saturated heterocycles. The van der Waals surface area contributed by atoms with Crippen molar-refractivity contribution in [1.82, 2.24) is 0 Å². The Labute approximate surface area is 816 Å². The van der Waals surface area contributed by atoms with Crippen molar-refractivity contribution in [3.05, 3.63) is 491 Å². The molecule has 0 aliphatic heterocycles. The van der Waals surface area contributed by atoms with Crippen LogP contribution in [-0.2, 0) is 68.7 Å². The van der Waals surface area contributed by atoms with Gasteiger partial charge >= 0.3 is 0 Å². The summed E-state index contributed by atoms with van der Waals surface area (Å²) in [6.45, 7) is 6.82. The monoisotopic (exact) mass is 1900 g/mol. The first-order valence-corrected chi connectivity index (χ1v) is 56.2. The molecule has 0 bridgehead atoms. The summed E-state index contributed by atoms with van der Waals surface area (Å²) < 4.78 is 54.6. The summed E-state index contributed by atoms with van der Waals surface area (Å²) in [6, 6.07) is 172. The van der Waals surface area contributed by atoms with Gasteiger partial charge in [-0.1, -0.05) is 302 Å². The largest absolute Gasteiger partial charge is 0.223 e. The molecule has 0 amide bonds. The Kier molecular flexibility index (Phi) is 28.9. The quantitative estimate of drug-likeness (QED) is 0.0852. The van der Waals surface area contributed by atoms with Gasteiger partial charge in [0.15, 0.2) is 92.7 Å². The van der Waals surface area contributed by atoms with E-state index < -0.39 is 19.7 Å². The van der Waals surface area contributed by atoms with Crippen LogP contribution < -0.4 is 0 Å². The predicted octanol–water partition coefficient (Wildman–Crippen LogP) is 33.7. The maximum absolute atomic E-state index is 13.0. The third-order valence-electron chi connectivity index (χ3n) is 25.6. The van der Waals surface area contributed by atoms with Gasteiger partial charge < -0.3 is 0 Å². The fourth-order valence-electron chi connectivity index (χ4n) is 18.6. The van der Waals surface area contributed by atoms with Crippen molar-refractivity contribution in [3.8, 4) is 4.90 Å². The van der Waals surface area contributed by atoms with E-state index in [-0.39, 0.29) is 70.0 Å². The minimum Gasteiger partial charge on any atom is -0.223 e. The second-order valence-electron chi connectivity index (χ2n) is 35.6. The van der Waals surface area contributed by atoms with Crippen LogP contribution in [0.2, 0.25) is 0 Å². The molecule has 0 atom stereocenters. The number of rotatable bonds is 17. The Morgan fingerprint density at radius 2 is 0.426 bits per heavy atom. The maximum Gasteiger partial charge on any atom is 0.187 e. The first-order valence-electron chi connectivity index (χ1n) is 47.0. The van der Waals surface area contributed by atoms with Crippen molar-refractivity contribution in [2.24, 2.45) is 0 Å². The van der Waals surface area contributed by atoms with Gasteiger partial charge in [0, 0.05) is 51.6 Å². The fraction of sp³-hybridized carbons (Fsp3) is 0.120. The average molecular weight is 1900 g/mol. The molecule has 2 fully saturated rings. The van der Waals surface area contributed by atoms with E-state index >= 15 is 0 Å². The van der Waals surface area contributed by atoms with Gasteiger partial charge in [0.25, 0.3) is 0 Å². The molecule has 0 N–H and O–H groups in total. The Hall–Kier alpha value is -12.8. The number of hydrogen-bond donors (Lipinski definition) is 0. The summed E-state index contributed by atoms with van der Waals surface area (Å²) in [4.78, 5) is 17.7. The van der Waals surface area contributed by atoms with Crippen molar-refractivity contribution in [3.63, 3.8) is 0 Å². The van der Waals surface area contributed by atoms with Crippen LogP contribution in [0, 0.1) is 0 Å². The van der Waals surface area contributed by atoms with Gasteiger partial charge in [0.1, 0.15) is 0 Å². The van der Waals surface area contributed by atoms with E-state index in [1.54, 1.807) is 12.1 Å². The lowest BCUT2D eigenvalue weighted by Crippen LogP contribution is -2.24. The molecule has 4 nitrogen and oxygen atoms in total. The lowest BCUT2D eigenvalue weighted by molar-refractivity contribution is 0.483. The standard InChI is InChI=1S/C30H21S.C30H27S.C24H25O2S2.C23H23O2S2.C18H13S/c1-4-10-25-19-28(16-13-22(25)7-1)31(29-17-14-23-8-2-5-11-26(23)20-29)30-18-15-24-9-3-6-12-27(24)21-30;1-30(2,3)26-14-18-27(19-15-26)31(28-16-12-22-8-4-6-10-24(22)20-28)29-17-13-23-9-5-7-11-25(23)21-29;25-28(26,23-14-8-3-9-15-23)24-18-16-22(17-19-24)27(20-10-4-1-5-11-20)21-12-6-2-7-13-21;24-27(25,22-13-7-8-14-22)23-17-15-21(16-18-23)26(19-9-3-1-4-10-19)20-11-5-2-6-12-20;1-2-8-14(9-3-1)19-17-12-6-4-10-15(17)16-11-5-7-13-18(16)19/h1-21H;4-21H,1-3H3;1-2,4-7,10-13,16-19,23H,3,8-9,14-15H2;1-6,9-12,15-18,22H,7-8,13-14H2;1-13H/q5*+1.